The van der Waals surface area contributed by atoms with E-state index in [2.05, 4.69) is 28.2 Å². The smallest absolute Gasteiger partial charge is 0.0575 e. The Kier molecular flexibility index (Phi) is 4.95. The van der Waals surface area contributed by atoms with Crippen LogP contribution >= 0.6 is 0 Å². The number of rotatable bonds is 3. The van der Waals surface area contributed by atoms with Crippen molar-refractivity contribution in [1.82, 2.24) is 15.2 Å². The van der Waals surface area contributed by atoms with E-state index in [1.165, 1.54) is 37.2 Å². The summed E-state index contributed by atoms with van der Waals surface area (Å²) in [7, 11) is 0. The maximum absolute atomic E-state index is 4.54. The quantitative estimate of drug-likeness (QED) is 0.863. The Morgan fingerprint density at radius 1 is 1.29 bits per heavy atom. The molecule has 3 heteroatoms. The Morgan fingerprint density at radius 2 is 2.06 bits per heavy atom. The van der Waals surface area contributed by atoms with Gasteiger partial charge in [0.05, 0.1) is 5.69 Å². The molecule has 0 unspecified atom stereocenters. The van der Waals surface area contributed by atoms with Crippen LogP contribution < -0.4 is 5.32 Å². The topological polar surface area (TPSA) is 28.2 Å². The van der Waals surface area contributed by atoms with Gasteiger partial charge in [-0.2, -0.15) is 0 Å². The minimum atomic E-state index is 1.02. The number of nitrogens with zero attached hydrogens (tertiary/aromatic N) is 2. The second kappa shape index (κ2) is 6.72. The van der Waals surface area contributed by atoms with E-state index in [9.17, 15) is 0 Å². The number of pyridine rings is 1. The van der Waals surface area contributed by atoms with Crippen molar-refractivity contribution in [3.63, 3.8) is 0 Å². The van der Waals surface area contributed by atoms with Gasteiger partial charge in [-0.3, -0.25) is 9.88 Å². The third kappa shape index (κ3) is 3.79. The Labute approximate surface area is 104 Å². The number of nitrogens with one attached hydrogen (secondary N) is 1. The summed E-state index contributed by atoms with van der Waals surface area (Å²) in [6, 6.07) is 4.24. The van der Waals surface area contributed by atoms with Crippen molar-refractivity contribution in [2.75, 3.05) is 26.2 Å². The molecule has 2 rings (SSSR count). The molecule has 0 amide bonds. The number of hydrogen-bond donors (Lipinski definition) is 1. The van der Waals surface area contributed by atoms with Gasteiger partial charge in [0.25, 0.3) is 0 Å². The Morgan fingerprint density at radius 3 is 2.76 bits per heavy atom. The summed E-state index contributed by atoms with van der Waals surface area (Å²) in [5.41, 5.74) is 2.66. The molecular formula is C14H23N3. The van der Waals surface area contributed by atoms with E-state index in [4.69, 9.17) is 0 Å². The predicted octanol–water partition coefficient (Wildman–Crippen LogP) is 1.83. The van der Waals surface area contributed by atoms with Gasteiger partial charge in [-0.1, -0.05) is 13.0 Å². The molecule has 0 aromatic carbocycles. The SMILES string of the molecule is CCc1cccnc1CN1CCCNCCC1. The molecule has 94 valence electrons. The summed E-state index contributed by atoms with van der Waals surface area (Å²) in [6.07, 6.45) is 5.49. The molecule has 1 aromatic rings. The van der Waals surface area contributed by atoms with E-state index < -0.39 is 0 Å². The van der Waals surface area contributed by atoms with Crippen molar-refractivity contribution >= 4 is 0 Å². The molecule has 3 nitrogen and oxygen atoms in total. The molecule has 0 atom stereocenters. The van der Waals surface area contributed by atoms with E-state index >= 15 is 0 Å². The van der Waals surface area contributed by atoms with Crippen LogP contribution in [0.25, 0.3) is 0 Å². The lowest BCUT2D eigenvalue weighted by molar-refractivity contribution is 0.241. The molecule has 0 spiro atoms. The van der Waals surface area contributed by atoms with Crippen LogP contribution in [0.4, 0.5) is 0 Å². The van der Waals surface area contributed by atoms with Crippen LogP contribution in [0.1, 0.15) is 31.0 Å². The van der Waals surface area contributed by atoms with Crippen LogP contribution in [-0.2, 0) is 13.0 Å². The lowest BCUT2D eigenvalue weighted by Gasteiger charge is -2.25. The first kappa shape index (κ1) is 12.5. The van der Waals surface area contributed by atoms with Crippen molar-refractivity contribution in [1.29, 1.82) is 0 Å². The second-order valence-corrected chi connectivity index (χ2v) is 4.70. The number of aromatic nitrogens is 1. The standard InChI is InChI=1S/C14H23N3/c1-2-13-6-3-9-16-14(13)12-17-10-4-7-15-8-5-11-17/h3,6,9,15H,2,4-5,7-8,10-12H2,1H3. The van der Waals surface area contributed by atoms with Crippen molar-refractivity contribution in [3.8, 4) is 0 Å². The molecule has 1 fully saturated rings. The molecule has 1 N–H and O–H groups in total. The lowest BCUT2D eigenvalue weighted by Crippen LogP contribution is -2.34. The zero-order valence-corrected chi connectivity index (χ0v) is 10.8. The fraction of sp³-hybridized carbons (Fsp3) is 0.643. The summed E-state index contributed by atoms with van der Waals surface area (Å²) < 4.78 is 0. The number of hydrogen-bond acceptors (Lipinski definition) is 3. The van der Waals surface area contributed by atoms with Gasteiger partial charge in [0, 0.05) is 12.7 Å². The fourth-order valence-corrected chi connectivity index (χ4v) is 2.40. The van der Waals surface area contributed by atoms with Crippen LogP contribution in [0.2, 0.25) is 0 Å². The van der Waals surface area contributed by atoms with Gasteiger partial charge < -0.3 is 5.32 Å². The molecule has 1 aliphatic heterocycles. The molecule has 0 saturated carbocycles. The van der Waals surface area contributed by atoms with Crippen LogP contribution in [0.15, 0.2) is 18.3 Å². The van der Waals surface area contributed by atoms with Crippen molar-refractivity contribution in [2.45, 2.75) is 32.7 Å². The molecule has 0 aliphatic carbocycles. The monoisotopic (exact) mass is 233 g/mol. The molecular weight excluding hydrogens is 210 g/mol. The Bertz CT molecular complexity index is 330. The molecule has 2 heterocycles. The largest absolute Gasteiger partial charge is 0.317 e. The Balaban J connectivity index is 1.97. The number of aryl methyl sites for hydroxylation is 1. The highest BCUT2D eigenvalue weighted by atomic mass is 15.1. The molecule has 1 saturated heterocycles. The first-order chi connectivity index (χ1) is 8.40. The van der Waals surface area contributed by atoms with Gasteiger partial charge in [-0.15, -0.1) is 0 Å². The first-order valence-electron chi connectivity index (χ1n) is 6.76. The lowest BCUT2D eigenvalue weighted by atomic mass is 10.1. The minimum absolute atomic E-state index is 1.02. The average molecular weight is 233 g/mol. The van der Waals surface area contributed by atoms with Crippen LogP contribution in [0.3, 0.4) is 0 Å². The van der Waals surface area contributed by atoms with Gasteiger partial charge in [0.1, 0.15) is 0 Å². The first-order valence-corrected chi connectivity index (χ1v) is 6.76. The van der Waals surface area contributed by atoms with E-state index in [1.807, 2.05) is 12.3 Å². The summed E-state index contributed by atoms with van der Waals surface area (Å²) in [5, 5.41) is 3.45. The minimum Gasteiger partial charge on any atom is -0.317 e. The van der Waals surface area contributed by atoms with Gasteiger partial charge >= 0.3 is 0 Å². The van der Waals surface area contributed by atoms with E-state index in [-0.39, 0.29) is 0 Å². The van der Waals surface area contributed by atoms with Crippen LogP contribution in [0.5, 0.6) is 0 Å². The highest BCUT2D eigenvalue weighted by molar-refractivity contribution is 5.19. The van der Waals surface area contributed by atoms with Gasteiger partial charge in [0.15, 0.2) is 0 Å². The van der Waals surface area contributed by atoms with E-state index in [0.717, 1.165) is 26.1 Å². The molecule has 17 heavy (non-hydrogen) atoms. The van der Waals surface area contributed by atoms with Crippen molar-refractivity contribution < 1.29 is 0 Å². The summed E-state index contributed by atoms with van der Waals surface area (Å²) in [6.45, 7) is 7.90. The van der Waals surface area contributed by atoms with E-state index in [1.54, 1.807) is 0 Å². The predicted molar refractivity (Wildman–Crippen MR) is 71.0 cm³/mol. The van der Waals surface area contributed by atoms with Crippen molar-refractivity contribution in [3.05, 3.63) is 29.6 Å². The van der Waals surface area contributed by atoms with Crippen LogP contribution in [0, 0.1) is 0 Å². The molecule has 1 aliphatic rings. The second-order valence-electron chi connectivity index (χ2n) is 4.70. The van der Waals surface area contributed by atoms with Gasteiger partial charge in [-0.05, 0) is 57.1 Å². The van der Waals surface area contributed by atoms with Crippen molar-refractivity contribution in [2.24, 2.45) is 0 Å². The highest BCUT2D eigenvalue weighted by Crippen LogP contribution is 2.10. The zero-order chi connectivity index (χ0) is 11.9. The van der Waals surface area contributed by atoms with Gasteiger partial charge in [0.2, 0.25) is 0 Å². The third-order valence-electron chi connectivity index (χ3n) is 3.39. The zero-order valence-electron chi connectivity index (χ0n) is 10.8. The van der Waals surface area contributed by atoms with Crippen LogP contribution in [-0.4, -0.2) is 36.1 Å². The average Bonchev–Trinajstić information content (AvgIpc) is 2.33. The molecule has 0 radical (unpaired) electrons. The maximum atomic E-state index is 4.54. The molecule has 0 bridgehead atoms. The summed E-state index contributed by atoms with van der Waals surface area (Å²) >= 11 is 0. The summed E-state index contributed by atoms with van der Waals surface area (Å²) in [5.74, 6) is 0. The molecule has 1 aromatic heterocycles. The fourth-order valence-electron chi connectivity index (χ4n) is 2.40. The highest BCUT2D eigenvalue weighted by Gasteiger charge is 2.10. The normalized spacial score (nSPS) is 18.6. The van der Waals surface area contributed by atoms with E-state index in [0.29, 0.717) is 0 Å². The maximum Gasteiger partial charge on any atom is 0.0575 e. The third-order valence-corrected chi connectivity index (χ3v) is 3.39. The summed E-state index contributed by atoms with van der Waals surface area (Å²) in [4.78, 5) is 7.08. The Hall–Kier alpha value is -0.930. The van der Waals surface area contributed by atoms with Gasteiger partial charge in [-0.25, -0.2) is 0 Å².